The minimum absolute atomic E-state index is 0.454. The first-order chi connectivity index (χ1) is 9.04. The van der Waals surface area contributed by atoms with Gasteiger partial charge in [-0.05, 0) is 42.3 Å². The van der Waals surface area contributed by atoms with Gasteiger partial charge in [-0.25, -0.2) is 0 Å². The smallest absolute Gasteiger partial charge is 0.119 e. The maximum Gasteiger partial charge on any atom is 0.119 e. The largest absolute Gasteiger partial charge is 0.497 e. The normalized spacial score (nSPS) is 12.3. The summed E-state index contributed by atoms with van der Waals surface area (Å²) in [5.41, 5.74) is 2.21. The summed E-state index contributed by atoms with van der Waals surface area (Å²) in [6.07, 6.45) is -0.855. The van der Waals surface area contributed by atoms with Crippen LogP contribution in [0, 0.1) is 6.92 Å². The molecule has 0 aliphatic carbocycles. The zero-order valence-electron chi connectivity index (χ0n) is 10.7. The molecule has 0 fully saturated rings. The van der Waals surface area contributed by atoms with E-state index in [1.165, 1.54) is 0 Å². The standard InChI is InChI=1S/C15H14Cl2O2/c1-9-8-10(19-2)6-7-11(9)15(18)14-12(16)4-3-5-13(14)17/h3-8,15,18H,1-2H3. The zero-order chi connectivity index (χ0) is 14.0. The van der Waals surface area contributed by atoms with E-state index in [-0.39, 0.29) is 0 Å². The average molecular weight is 297 g/mol. The van der Waals surface area contributed by atoms with Crippen molar-refractivity contribution in [3.8, 4) is 5.75 Å². The fraction of sp³-hybridized carbons (Fsp3) is 0.200. The summed E-state index contributed by atoms with van der Waals surface area (Å²) in [5, 5.41) is 11.4. The lowest BCUT2D eigenvalue weighted by Gasteiger charge is -2.17. The molecule has 0 heterocycles. The Morgan fingerprint density at radius 1 is 1.11 bits per heavy atom. The molecule has 0 saturated carbocycles. The lowest BCUT2D eigenvalue weighted by Crippen LogP contribution is -2.04. The average Bonchev–Trinajstić information content (AvgIpc) is 2.38. The molecule has 0 bridgehead atoms. The van der Waals surface area contributed by atoms with Crippen LogP contribution in [0.25, 0.3) is 0 Å². The fourth-order valence-electron chi connectivity index (χ4n) is 2.01. The molecule has 0 spiro atoms. The lowest BCUT2D eigenvalue weighted by atomic mass is 9.97. The van der Waals surface area contributed by atoms with E-state index >= 15 is 0 Å². The van der Waals surface area contributed by atoms with Crippen LogP contribution in [0.1, 0.15) is 22.8 Å². The summed E-state index contributed by atoms with van der Waals surface area (Å²) in [6, 6.07) is 10.7. The molecule has 19 heavy (non-hydrogen) atoms. The van der Waals surface area contributed by atoms with Gasteiger partial charge in [0.1, 0.15) is 11.9 Å². The Hall–Kier alpha value is -1.22. The Labute approximate surface area is 122 Å². The molecular weight excluding hydrogens is 283 g/mol. The molecule has 1 N–H and O–H groups in total. The summed E-state index contributed by atoms with van der Waals surface area (Å²) in [6.45, 7) is 1.91. The summed E-state index contributed by atoms with van der Waals surface area (Å²) < 4.78 is 5.15. The molecule has 0 amide bonds. The van der Waals surface area contributed by atoms with Gasteiger partial charge in [0.2, 0.25) is 0 Å². The van der Waals surface area contributed by atoms with E-state index in [4.69, 9.17) is 27.9 Å². The van der Waals surface area contributed by atoms with Crippen LogP contribution in [0.2, 0.25) is 10.0 Å². The van der Waals surface area contributed by atoms with E-state index in [1.54, 1.807) is 31.4 Å². The molecule has 0 radical (unpaired) electrons. The molecule has 0 aromatic heterocycles. The van der Waals surface area contributed by atoms with Crippen molar-refractivity contribution in [3.63, 3.8) is 0 Å². The molecule has 100 valence electrons. The molecule has 0 aliphatic heterocycles. The number of benzene rings is 2. The zero-order valence-corrected chi connectivity index (χ0v) is 12.2. The lowest BCUT2D eigenvalue weighted by molar-refractivity contribution is 0.219. The van der Waals surface area contributed by atoms with Gasteiger partial charge >= 0.3 is 0 Å². The van der Waals surface area contributed by atoms with Crippen molar-refractivity contribution in [3.05, 3.63) is 63.1 Å². The van der Waals surface area contributed by atoms with Crippen molar-refractivity contribution in [2.75, 3.05) is 7.11 Å². The fourth-order valence-corrected chi connectivity index (χ4v) is 2.61. The van der Waals surface area contributed by atoms with Gasteiger partial charge in [-0.2, -0.15) is 0 Å². The Kier molecular flexibility index (Phi) is 4.35. The van der Waals surface area contributed by atoms with Gasteiger partial charge in [0.05, 0.1) is 7.11 Å². The molecule has 2 rings (SSSR count). The SMILES string of the molecule is COc1ccc(C(O)c2c(Cl)cccc2Cl)c(C)c1. The van der Waals surface area contributed by atoms with Crippen LogP contribution in [-0.4, -0.2) is 12.2 Å². The first-order valence-corrected chi connectivity index (χ1v) is 6.56. The van der Waals surface area contributed by atoms with Crippen LogP contribution in [0.3, 0.4) is 0 Å². The number of hydrogen-bond acceptors (Lipinski definition) is 2. The van der Waals surface area contributed by atoms with Gasteiger partial charge < -0.3 is 9.84 Å². The molecule has 2 nitrogen and oxygen atoms in total. The second-order valence-electron chi connectivity index (χ2n) is 4.26. The summed E-state index contributed by atoms with van der Waals surface area (Å²) in [7, 11) is 1.61. The first kappa shape index (κ1) is 14.2. The molecule has 4 heteroatoms. The molecule has 2 aromatic rings. The number of aliphatic hydroxyl groups is 1. The first-order valence-electron chi connectivity index (χ1n) is 5.81. The highest BCUT2D eigenvalue weighted by Gasteiger charge is 2.19. The van der Waals surface area contributed by atoms with Crippen molar-refractivity contribution in [2.24, 2.45) is 0 Å². The van der Waals surface area contributed by atoms with Crippen LogP contribution in [0.4, 0.5) is 0 Å². The number of aliphatic hydroxyl groups excluding tert-OH is 1. The van der Waals surface area contributed by atoms with Crippen molar-refractivity contribution < 1.29 is 9.84 Å². The van der Waals surface area contributed by atoms with Crippen LogP contribution in [0.5, 0.6) is 5.75 Å². The minimum atomic E-state index is -0.855. The third-order valence-corrected chi connectivity index (χ3v) is 3.70. The van der Waals surface area contributed by atoms with Crippen molar-refractivity contribution in [2.45, 2.75) is 13.0 Å². The highest BCUT2D eigenvalue weighted by Crippen LogP contribution is 2.35. The number of ether oxygens (including phenoxy) is 1. The predicted octanol–water partition coefficient (Wildman–Crippen LogP) is 4.39. The number of rotatable bonds is 3. The highest BCUT2D eigenvalue weighted by atomic mass is 35.5. The van der Waals surface area contributed by atoms with Gasteiger partial charge in [0, 0.05) is 15.6 Å². The summed E-state index contributed by atoms with van der Waals surface area (Å²) in [4.78, 5) is 0. The molecular formula is C15H14Cl2O2. The number of hydrogen-bond donors (Lipinski definition) is 1. The molecule has 1 atom stereocenters. The van der Waals surface area contributed by atoms with Crippen molar-refractivity contribution >= 4 is 23.2 Å². The number of aryl methyl sites for hydroxylation is 1. The third-order valence-electron chi connectivity index (χ3n) is 3.04. The van der Waals surface area contributed by atoms with E-state index in [2.05, 4.69) is 0 Å². The molecule has 2 aromatic carbocycles. The van der Waals surface area contributed by atoms with Crippen LogP contribution < -0.4 is 4.74 Å². The van der Waals surface area contributed by atoms with Gasteiger partial charge in [0.25, 0.3) is 0 Å². The number of halogens is 2. The van der Waals surface area contributed by atoms with E-state index in [1.807, 2.05) is 19.1 Å². The van der Waals surface area contributed by atoms with E-state index in [0.717, 1.165) is 16.9 Å². The quantitative estimate of drug-likeness (QED) is 0.910. The van der Waals surface area contributed by atoms with Crippen LogP contribution in [0.15, 0.2) is 36.4 Å². The highest BCUT2D eigenvalue weighted by molar-refractivity contribution is 6.36. The monoisotopic (exact) mass is 296 g/mol. The third kappa shape index (κ3) is 2.86. The molecule has 0 saturated heterocycles. The van der Waals surface area contributed by atoms with Gasteiger partial charge in [-0.1, -0.05) is 35.3 Å². The van der Waals surface area contributed by atoms with Crippen LogP contribution in [-0.2, 0) is 0 Å². The Bertz CT molecular complexity index is 576. The van der Waals surface area contributed by atoms with E-state index in [9.17, 15) is 5.11 Å². The van der Waals surface area contributed by atoms with Gasteiger partial charge in [-0.3, -0.25) is 0 Å². The molecule has 1 unspecified atom stereocenters. The maximum atomic E-state index is 10.5. The second kappa shape index (κ2) is 5.83. The second-order valence-corrected chi connectivity index (χ2v) is 5.07. The van der Waals surface area contributed by atoms with Crippen LogP contribution >= 0.6 is 23.2 Å². The maximum absolute atomic E-state index is 10.5. The van der Waals surface area contributed by atoms with Gasteiger partial charge in [-0.15, -0.1) is 0 Å². The number of methoxy groups -OCH3 is 1. The molecule has 0 aliphatic rings. The van der Waals surface area contributed by atoms with E-state index < -0.39 is 6.10 Å². The minimum Gasteiger partial charge on any atom is -0.497 e. The van der Waals surface area contributed by atoms with Gasteiger partial charge in [0.15, 0.2) is 0 Å². The predicted molar refractivity (Wildman–Crippen MR) is 78.3 cm³/mol. The Morgan fingerprint density at radius 2 is 1.74 bits per heavy atom. The summed E-state index contributed by atoms with van der Waals surface area (Å²) in [5.74, 6) is 0.749. The van der Waals surface area contributed by atoms with Crippen molar-refractivity contribution in [1.29, 1.82) is 0 Å². The van der Waals surface area contributed by atoms with E-state index in [0.29, 0.717) is 15.6 Å². The summed E-state index contributed by atoms with van der Waals surface area (Å²) >= 11 is 12.2. The Morgan fingerprint density at radius 3 is 2.26 bits per heavy atom. The Balaban J connectivity index is 2.47. The van der Waals surface area contributed by atoms with Crippen molar-refractivity contribution in [1.82, 2.24) is 0 Å². The topological polar surface area (TPSA) is 29.5 Å².